The van der Waals surface area contributed by atoms with Crippen LogP contribution in [-0.2, 0) is 10.0 Å². The second-order valence-electron chi connectivity index (χ2n) is 7.10. The smallest absolute Gasteiger partial charge is 0.256 e. The number of benzene rings is 2. The molecule has 0 unspecified atom stereocenters. The van der Waals surface area contributed by atoms with Crippen molar-refractivity contribution in [1.29, 1.82) is 0 Å². The van der Waals surface area contributed by atoms with Crippen LogP contribution in [-0.4, -0.2) is 18.4 Å². The Morgan fingerprint density at radius 1 is 0.793 bits per heavy atom. The average Bonchev–Trinajstić information content (AvgIpc) is 2.66. The van der Waals surface area contributed by atoms with E-state index >= 15 is 0 Å². The molecule has 0 spiro atoms. The molecule has 0 fully saturated rings. The van der Waals surface area contributed by atoms with Crippen LogP contribution in [0.15, 0.2) is 71.9 Å². The van der Waals surface area contributed by atoms with Gasteiger partial charge >= 0.3 is 5.82 Å². The van der Waals surface area contributed by atoms with Gasteiger partial charge in [0, 0.05) is 0 Å². The van der Waals surface area contributed by atoms with Crippen LogP contribution in [0.3, 0.4) is 0 Å². The zero-order chi connectivity index (χ0) is 20.6. The monoisotopic (exact) mass is 405 g/mol. The summed E-state index contributed by atoms with van der Waals surface area (Å²) in [4.78, 5) is 9.43. The first-order valence-electron chi connectivity index (χ1n) is 9.18. The van der Waals surface area contributed by atoms with Gasteiger partial charge in [0.2, 0.25) is 11.3 Å². The minimum atomic E-state index is -3.82. The molecule has 0 aliphatic rings. The number of anilines is 1. The second-order valence-corrected chi connectivity index (χ2v) is 8.78. The highest BCUT2D eigenvalue weighted by Crippen LogP contribution is 2.21. The summed E-state index contributed by atoms with van der Waals surface area (Å²) in [5, 5.41) is 0. The van der Waals surface area contributed by atoms with Gasteiger partial charge in [-0.25, -0.2) is 13.4 Å². The van der Waals surface area contributed by atoms with Crippen molar-refractivity contribution >= 4 is 26.9 Å². The van der Waals surface area contributed by atoms with Gasteiger partial charge in [0.25, 0.3) is 10.0 Å². The molecular formula is C22H21N4O2S+. The summed E-state index contributed by atoms with van der Waals surface area (Å²) in [6.07, 6.45) is 3.80. The molecule has 2 aromatic heterocycles. The number of hydrogen-bond acceptors (Lipinski definition) is 4. The Morgan fingerprint density at radius 3 is 2.00 bits per heavy atom. The van der Waals surface area contributed by atoms with Crippen LogP contribution in [0, 0.1) is 20.8 Å². The summed E-state index contributed by atoms with van der Waals surface area (Å²) in [5.41, 5.74) is 4.36. The number of hydrogen-bond donors (Lipinski definition) is 1. The number of sulfonamides is 1. The van der Waals surface area contributed by atoms with Crippen molar-refractivity contribution in [2.24, 2.45) is 0 Å². The maximum absolute atomic E-state index is 13.0. The molecule has 0 amide bonds. The summed E-state index contributed by atoms with van der Waals surface area (Å²) >= 11 is 0. The second kappa shape index (κ2) is 7.25. The minimum Gasteiger partial charge on any atom is -0.256 e. The topological polar surface area (TPSA) is 75.8 Å². The van der Waals surface area contributed by atoms with Crippen molar-refractivity contribution in [1.82, 2.24) is 9.97 Å². The zero-order valence-electron chi connectivity index (χ0n) is 16.4. The van der Waals surface area contributed by atoms with Crippen LogP contribution >= 0.6 is 0 Å². The predicted molar refractivity (Wildman–Crippen MR) is 113 cm³/mol. The predicted octanol–water partition coefficient (Wildman–Crippen LogP) is 3.63. The van der Waals surface area contributed by atoms with Gasteiger partial charge in [0.15, 0.2) is 0 Å². The van der Waals surface area contributed by atoms with E-state index in [9.17, 15) is 8.42 Å². The Bertz CT molecular complexity index is 1300. The third-order valence-electron chi connectivity index (χ3n) is 4.50. The molecule has 1 N–H and O–H groups in total. The molecular weight excluding hydrogens is 384 g/mol. The van der Waals surface area contributed by atoms with Crippen molar-refractivity contribution in [3.05, 3.63) is 83.7 Å². The number of pyridine rings is 1. The molecule has 4 aromatic rings. The van der Waals surface area contributed by atoms with Gasteiger partial charge in [0.1, 0.15) is 5.52 Å². The van der Waals surface area contributed by atoms with Crippen molar-refractivity contribution in [3.63, 3.8) is 0 Å². The molecule has 0 aliphatic carbocycles. The van der Waals surface area contributed by atoms with E-state index in [4.69, 9.17) is 4.98 Å². The maximum Gasteiger partial charge on any atom is 0.372 e. The Labute approximate surface area is 170 Å². The SMILES string of the molecule is Cc1ccc(S(=O)(=O)Nc2nc3ccccc3nc2-[n+]2cc(C)cc(C)c2)cc1. The molecule has 146 valence electrons. The fourth-order valence-corrected chi connectivity index (χ4v) is 4.18. The molecule has 0 radical (unpaired) electrons. The molecule has 0 aliphatic heterocycles. The Morgan fingerprint density at radius 2 is 1.38 bits per heavy atom. The van der Waals surface area contributed by atoms with Gasteiger partial charge in [0.05, 0.1) is 17.3 Å². The van der Waals surface area contributed by atoms with Gasteiger partial charge in [-0.2, -0.15) is 4.57 Å². The summed E-state index contributed by atoms with van der Waals surface area (Å²) in [7, 11) is -3.82. The Kier molecular flexibility index (Phi) is 4.76. The van der Waals surface area contributed by atoms with E-state index in [0.717, 1.165) is 16.7 Å². The number of nitrogens with one attached hydrogen (secondary N) is 1. The van der Waals surface area contributed by atoms with Gasteiger partial charge < -0.3 is 0 Å². The fraction of sp³-hybridized carbons (Fsp3) is 0.136. The van der Waals surface area contributed by atoms with Crippen molar-refractivity contribution in [3.8, 4) is 5.82 Å². The molecule has 7 heteroatoms. The highest BCUT2D eigenvalue weighted by atomic mass is 32.2. The summed E-state index contributed by atoms with van der Waals surface area (Å²) in [5.74, 6) is 0.602. The van der Waals surface area contributed by atoms with Crippen molar-refractivity contribution in [2.75, 3.05) is 4.72 Å². The molecule has 0 atom stereocenters. The minimum absolute atomic E-state index is 0.175. The summed E-state index contributed by atoms with van der Waals surface area (Å²) in [6.45, 7) is 5.87. The lowest BCUT2D eigenvalue weighted by atomic mass is 10.2. The van der Waals surface area contributed by atoms with E-state index in [-0.39, 0.29) is 10.7 Å². The van der Waals surface area contributed by atoms with Crippen LogP contribution in [0.5, 0.6) is 0 Å². The van der Waals surface area contributed by atoms with E-state index in [1.807, 2.05) is 63.5 Å². The third-order valence-corrected chi connectivity index (χ3v) is 5.85. The van der Waals surface area contributed by atoms with Crippen molar-refractivity contribution < 1.29 is 13.0 Å². The van der Waals surface area contributed by atoms with Crippen LogP contribution in [0.4, 0.5) is 5.82 Å². The number of para-hydroxylation sites is 2. The highest BCUT2D eigenvalue weighted by Gasteiger charge is 2.25. The maximum atomic E-state index is 13.0. The van der Waals surface area contributed by atoms with E-state index in [1.54, 1.807) is 28.8 Å². The standard InChI is InChI=1S/C22H21N4O2S/c1-15-8-10-18(11-9-15)29(27,28)25-21-22(26-13-16(2)12-17(3)14-26)24-20-7-5-4-6-19(20)23-21/h4-14H,1-3H3,(H,23,25)/q+1. The molecule has 0 bridgehead atoms. The summed E-state index contributed by atoms with van der Waals surface area (Å²) in [6, 6.07) is 16.1. The largest absolute Gasteiger partial charge is 0.372 e. The number of aromatic nitrogens is 3. The van der Waals surface area contributed by atoms with Crippen LogP contribution in [0.25, 0.3) is 16.9 Å². The molecule has 6 nitrogen and oxygen atoms in total. The zero-order valence-corrected chi connectivity index (χ0v) is 17.2. The lowest BCUT2D eigenvalue weighted by molar-refractivity contribution is -0.599. The van der Waals surface area contributed by atoms with Crippen LogP contribution in [0.2, 0.25) is 0 Å². The Hall–Kier alpha value is -3.32. The number of fused-ring (bicyclic) bond motifs is 1. The van der Waals surface area contributed by atoms with Gasteiger partial charge in [-0.15, -0.1) is 0 Å². The molecule has 0 saturated heterocycles. The first-order valence-corrected chi connectivity index (χ1v) is 10.7. The average molecular weight is 406 g/mol. The number of rotatable bonds is 4. The normalized spacial score (nSPS) is 11.6. The lowest BCUT2D eigenvalue weighted by Crippen LogP contribution is -2.34. The van der Waals surface area contributed by atoms with Gasteiger partial charge in [-0.05, 0) is 67.2 Å². The van der Waals surface area contributed by atoms with E-state index < -0.39 is 10.0 Å². The fourth-order valence-electron chi connectivity index (χ4n) is 3.17. The summed E-state index contributed by atoms with van der Waals surface area (Å²) < 4.78 is 30.4. The molecule has 29 heavy (non-hydrogen) atoms. The quantitative estimate of drug-likeness (QED) is 0.526. The molecule has 4 rings (SSSR count). The number of aryl methyl sites for hydroxylation is 3. The molecule has 0 saturated carbocycles. The van der Waals surface area contributed by atoms with Crippen LogP contribution in [0.1, 0.15) is 16.7 Å². The number of nitrogens with zero attached hydrogens (tertiary/aromatic N) is 3. The van der Waals surface area contributed by atoms with E-state index in [0.29, 0.717) is 16.9 Å². The van der Waals surface area contributed by atoms with E-state index in [1.165, 1.54) is 0 Å². The van der Waals surface area contributed by atoms with Crippen molar-refractivity contribution in [2.45, 2.75) is 25.7 Å². The lowest BCUT2D eigenvalue weighted by Gasteiger charge is -2.10. The van der Waals surface area contributed by atoms with Gasteiger partial charge in [-0.3, -0.25) is 4.72 Å². The van der Waals surface area contributed by atoms with Gasteiger partial charge in [-0.1, -0.05) is 29.8 Å². The van der Waals surface area contributed by atoms with Crippen LogP contribution < -0.4 is 9.29 Å². The van der Waals surface area contributed by atoms with E-state index in [2.05, 4.69) is 9.71 Å². The molecule has 2 aromatic carbocycles. The molecule has 2 heterocycles. The first kappa shape index (κ1) is 19.0. The first-order chi connectivity index (χ1) is 13.8. The third kappa shape index (κ3) is 3.95. The Balaban J connectivity index is 1.89. The highest BCUT2D eigenvalue weighted by molar-refractivity contribution is 7.92.